The lowest BCUT2D eigenvalue weighted by Gasteiger charge is -2.09. The third-order valence-electron chi connectivity index (χ3n) is 2.37. The summed E-state index contributed by atoms with van der Waals surface area (Å²) in [6.07, 6.45) is 0. The molecule has 0 bridgehead atoms. The van der Waals surface area contributed by atoms with Crippen molar-refractivity contribution in [3.63, 3.8) is 0 Å². The minimum absolute atomic E-state index is 0.0281. The molecule has 1 heterocycles. The Morgan fingerprint density at radius 3 is 2.81 bits per heavy atom. The summed E-state index contributed by atoms with van der Waals surface area (Å²) >= 11 is 4.25. The standard InChI is InChI=1S/C12H9BrFN3O3S/c13-6-2-1-3-7(14)10(6)17-12(20)15-4-9-16-8(5-21-9)11(18)19/h1-3,5H,4H2,(H,18,19)(H2,15,17,20). The summed E-state index contributed by atoms with van der Waals surface area (Å²) in [4.78, 5) is 26.2. The Labute approximate surface area is 131 Å². The molecule has 0 saturated heterocycles. The lowest BCUT2D eigenvalue weighted by Crippen LogP contribution is -2.28. The van der Waals surface area contributed by atoms with Crippen LogP contribution in [0.5, 0.6) is 0 Å². The first kappa shape index (κ1) is 15.4. The summed E-state index contributed by atoms with van der Waals surface area (Å²) in [5.41, 5.74) is -0.0468. The fourth-order valence-electron chi connectivity index (χ4n) is 1.42. The van der Waals surface area contributed by atoms with Crippen molar-refractivity contribution in [2.24, 2.45) is 0 Å². The third kappa shape index (κ3) is 3.99. The van der Waals surface area contributed by atoms with E-state index in [0.717, 1.165) is 11.3 Å². The Kier molecular flexibility index (Phi) is 4.86. The van der Waals surface area contributed by atoms with Gasteiger partial charge in [-0.3, -0.25) is 0 Å². The summed E-state index contributed by atoms with van der Waals surface area (Å²) in [5.74, 6) is -1.70. The van der Waals surface area contributed by atoms with Crippen LogP contribution in [0.2, 0.25) is 0 Å². The third-order valence-corrected chi connectivity index (χ3v) is 3.88. The number of nitrogens with zero attached hydrogens (tertiary/aromatic N) is 1. The highest BCUT2D eigenvalue weighted by Gasteiger charge is 2.12. The van der Waals surface area contributed by atoms with Crippen LogP contribution >= 0.6 is 27.3 Å². The van der Waals surface area contributed by atoms with E-state index < -0.39 is 17.8 Å². The van der Waals surface area contributed by atoms with E-state index in [-0.39, 0.29) is 17.9 Å². The number of benzene rings is 1. The molecule has 2 amide bonds. The van der Waals surface area contributed by atoms with Gasteiger partial charge >= 0.3 is 12.0 Å². The number of aromatic nitrogens is 1. The average molecular weight is 374 g/mol. The van der Waals surface area contributed by atoms with Gasteiger partial charge < -0.3 is 15.7 Å². The monoisotopic (exact) mass is 373 g/mol. The number of carboxylic acids is 1. The molecule has 0 spiro atoms. The number of carboxylic acid groups (broad SMARTS) is 1. The van der Waals surface area contributed by atoms with Crippen LogP contribution in [-0.2, 0) is 6.54 Å². The maximum atomic E-state index is 13.5. The SMILES string of the molecule is O=C(NCc1nc(C(=O)O)cs1)Nc1c(F)cccc1Br. The predicted octanol–water partition coefficient (Wildman–Crippen LogP) is 3.06. The Morgan fingerprint density at radius 2 is 2.19 bits per heavy atom. The summed E-state index contributed by atoms with van der Waals surface area (Å²) in [7, 11) is 0. The van der Waals surface area contributed by atoms with Gasteiger partial charge in [0, 0.05) is 9.85 Å². The van der Waals surface area contributed by atoms with Crippen molar-refractivity contribution in [1.82, 2.24) is 10.3 Å². The highest BCUT2D eigenvalue weighted by molar-refractivity contribution is 9.10. The van der Waals surface area contributed by atoms with Gasteiger partial charge in [-0.05, 0) is 28.1 Å². The molecule has 0 fully saturated rings. The van der Waals surface area contributed by atoms with Crippen molar-refractivity contribution in [2.75, 3.05) is 5.32 Å². The maximum Gasteiger partial charge on any atom is 0.355 e. The smallest absolute Gasteiger partial charge is 0.355 e. The zero-order valence-electron chi connectivity index (χ0n) is 10.4. The first-order valence-electron chi connectivity index (χ1n) is 5.64. The highest BCUT2D eigenvalue weighted by atomic mass is 79.9. The highest BCUT2D eigenvalue weighted by Crippen LogP contribution is 2.24. The Bertz CT molecular complexity index is 672. The molecule has 0 aliphatic heterocycles. The van der Waals surface area contributed by atoms with E-state index in [9.17, 15) is 14.0 Å². The van der Waals surface area contributed by atoms with E-state index in [0.29, 0.717) is 9.48 Å². The summed E-state index contributed by atoms with van der Waals surface area (Å²) < 4.78 is 13.9. The average Bonchev–Trinajstić information content (AvgIpc) is 2.90. The van der Waals surface area contributed by atoms with E-state index in [4.69, 9.17) is 5.11 Å². The number of urea groups is 1. The number of hydrogen-bond donors (Lipinski definition) is 3. The number of rotatable bonds is 4. The molecule has 0 radical (unpaired) electrons. The second-order valence-corrected chi connectivity index (χ2v) is 5.63. The van der Waals surface area contributed by atoms with Gasteiger partial charge in [-0.1, -0.05) is 6.07 Å². The van der Waals surface area contributed by atoms with Gasteiger partial charge in [0.25, 0.3) is 0 Å². The molecule has 0 atom stereocenters. The molecule has 3 N–H and O–H groups in total. The number of hydrogen-bond acceptors (Lipinski definition) is 4. The second kappa shape index (κ2) is 6.64. The Hall–Kier alpha value is -2.00. The van der Waals surface area contributed by atoms with Crippen molar-refractivity contribution < 1.29 is 19.1 Å². The molecule has 0 saturated carbocycles. The van der Waals surface area contributed by atoms with Crippen LogP contribution in [0.4, 0.5) is 14.9 Å². The fourth-order valence-corrected chi connectivity index (χ4v) is 2.57. The van der Waals surface area contributed by atoms with Crippen LogP contribution in [0.3, 0.4) is 0 Å². The number of nitrogens with one attached hydrogen (secondary N) is 2. The van der Waals surface area contributed by atoms with Crippen LogP contribution in [0.15, 0.2) is 28.1 Å². The van der Waals surface area contributed by atoms with Crippen LogP contribution in [0, 0.1) is 5.82 Å². The Morgan fingerprint density at radius 1 is 1.43 bits per heavy atom. The first-order valence-corrected chi connectivity index (χ1v) is 7.31. The van der Waals surface area contributed by atoms with Crippen molar-refractivity contribution in [3.8, 4) is 0 Å². The van der Waals surface area contributed by atoms with E-state index in [1.165, 1.54) is 17.5 Å². The van der Waals surface area contributed by atoms with Gasteiger partial charge in [-0.25, -0.2) is 19.0 Å². The molecule has 0 aliphatic rings. The number of halogens is 2. The molecule has 21 heavy (non-hydrogen) atoms. The largest absolute Gasteiger partial charge is 0.476 e. The molecule has 1 aromatic carbocycles. The number of carbonyl (C=O) groups excluding carboxylic acids is 1. The molecular formula is C12H9BrFN3O3S. The summed E-state index contributed by atoms with van der Waals surface area (Å²) in [6, 6.07) is 3.71. The zero-order chi connectivity index (χ0) is 15.4. The zero-order valence-corrected chi connectivity index (χ0v) is 12.8. The second-order valence-electron chi connectivity index (χ2n) is 3.84. The van der Waals surface area contributed by atoms with E-state index in [1.807, 2.05) is 0 Å². The molecule has 9 heteroatoms. The van der Waals surface area contributed by atoms with Crippen molar-refractivity contribution in [1.29, 1.82) is 0 Å². The molecular weight excluding hydrogens is 365 g/mol. The lowest BCUT2D eigenvalue weighted by molar-refractivity contribution is 0.0691. The number of amides is 2. The van der Waals surface area contributed by atoms with Crippen molar-refractivity contribution >= 4 is 45.0 Å². The van der Waals surface area contributed by atoms with Crippen LogP contribution < -0.4 is 10.6 Å². The summed E-state index contributed by atoms with van der Waals surface area (Å²) in [6.45, 7) is 0.0514. The molecule has 0 unspecified atom stereocenters. The summed E-state index contributed by atoms with van der Waals surface area (Å²) in [5, 5.41) is 15.4. The van der Waals surface area contributed by atoms with Gasteiger partial charge in [0.2, 0.25) is 0 Å². The topological polar surface area (TPSA) is 91.3 Å². The predicted molar refractivity (Wildman–Crippen MR) is 79.0 cm³/mol. The number of anilines is 1. The minimum Gasteiger partial charge on any atom is -0.476 e. The van der Waals surface area contributed by atoms with E-state index >= 15 is 0 Å². The number of para-hydroxylation sites is 1. The van der Waals surface area contributed by atoms with Gasteiger partial charge in [0.15, 0.2) is 5.69 Å². The molecule has 6 nitrogen and oxygen atoms in total. The molecule has 2 aromatic rings. The number of aromatic carboxylic acids is 1. The minimum atomic E-state index is -1.13. The van der Waals surface area contributed by atoms with Gasteiger partial charge in [-0.2, -0.15) is 0 Å². The van der Waals surface area contributed by atoms with Gasteiger partial charge in [0.1, 0.15) is 10.8 Å². The van der Waals surface area contributed by atoms with Gasteiger partial charge in [0.05, 0.1) is 12.2 Å². The number of carbonyl (C=O) groups is 2. The molecule has 0 aliphatic carbocycles. The maximum absolute atomic E-state index is 13.5. The Balaban J connectivity index is 1.94. The van der Waals surface area contributed by atoms with Crippen molar-refractivity contribution in [3.05, 3.63) is 44.6 Å². The van der Waals surface area contributed by atoms with Crippen molar-refractivity contribution in [2.45, 2.75) is 6.54 Å². The van der Waals surface area contributed by atoms with Crippen LogP contribution in [-0.4, -0.2) is 22.1 Å². The quantitative estimate of drug-likeness (QED) is 0.767. The van der Waals surface area contributed by atoms with Crippen LogP contribution in [0.1, 0.15) is 15.5 Å². The molecule has 110 valence electrons. The van der Waals surface area contributed by atoms with Gasteiger partial charge in [-0.15, -0.1) is 11.3 Å². The normalized spacial score (nSPS) is 10.2. The fraction of sp³-hybridized carbons (Fsp3) is 0.0833. The molecule has 2 rings (SSSR count). The van der Waals surface area contributed by atoms with Crippen LogP contribution in [0.25, 0.3) is 0 Å². The van der Waals surface area contributed by atoms with E-state index in [2.05, 4.69) is 31.5 Å². The first-order chi connectivity index (χ1) is 9.97. The molecule has 1 aromatic heterocycles. The lowest BCUT2D eigenvalue weighted by atomic mass is 10.3. The number of thiazole rings is 1. The van der Waals surface area contributed by atoms with E-state index in [1.54, 1.807) is 6.07 Å².